The van der Waals surface area contributed by atoms with Crippen LogP contribution in [-0.4, -0.2) is 35.9 Å². The van der Waals surface area contributed by atoms with Crippen molar-refractivity contribution in [1.82, 2.24) is 9.47 Å². The van der Waals surface area contributed by atoms with Crippen LogP contribution in [0.5, 0.6) is 5.75 Å². The van der Waals surface area contributed by atoms with Gasteiger partial charge in [-0.1, -0.05) is 24.3 Å². The Hall–Kier alpha value is -2.50. The lowest BCUT2D eigenvalue weighted by atomic mass is 9.80. The van der Waals surface area contributed by atoms with Crippen LogP contribution in [0.3, 0.4) is 0 Å². The number of aromatic nitrogens is 1. The van der Waals surface area contributed by atoms with E-state index in [4.69, 9.17) is 4.74 Å². The van der Waals surface area contributed by atoms with Crippen molar-refractivity contribution in [3.8, 4) is 16.9 Å². The zero-order chi connectivity index (χ0) is 21.4. The summed E-state index contributed by atoms with van der Waals surface area (Å²) in [6, 6.07) is 20.9. The summed E-state index contributed by atoms with van der Waals surface area (Å²) < 4.78 is 7.35. The molecule has 0 spiro atoms. The minimum absolute atomic E-state index is 0.137. The Bertz CT molecular complexity index is 1120. The first kappa shape index (κ1) is 20.4. The quantitative estimate of drug-likeness (QED) is 0.539. The molecule has 5 rings (SSSR count). The fraction of sp³-hybridized carbons (Fsp3) is 0.346. The van der Waals surface area contributed by atoms with Crippen molar-refractivity contribution in [3.63, 3.8) is 0 Å². The van der Waals surface area contributed by atoms with Gasteiger partial charge in [-0.05, 0) is 60.1 Å². The Morgan fingerprint density at radius 3 is 2.45 bits per heavy atom. The molecular weight excluding hydrogens is 404 g/mol. The second kappa shape index (κ2) is 8.56. The standard InChI is InChI=1S/C26H28N2O2S/c1-30-22-7-3-18(4-8-22)14-27-15-19-13-21(17-27)26-24(11-12-25(29)28(26)16-19)20-5-9-23(31-2)10-6-20/h3-12,19,21H,13-17H2,1-2H3/t19-,21+/m0/s1. The molecule has 4 nitrogen and oxygen atoms in total. The van der Waals surface area contributed by atoms with Crippen molar-refractivity contribution in [2.24, 2.45) is 5.92 Å². The first-order valence-corrected chi connectivity index (χ1v) is 12.1. The van der Waals surface area contributed by atoms with Crippen LogP contribution in [0.25, 0.3) is 11.1 Å². The molecule has 0 radical (unpaired) electrons. The van der Waals surface area contributed by atoms with E-state index in [1.807, 2.05) is 18.2 Å². The number of likely N-dealkylation sites (tertiary alicyclic amines) is 1. The van der Waals surface area contributed by atoms with Crippen molar-refractivity contribution in [1.29, 1.82) is 0 Å². The number of ether oxygens (including phenoxy) is 1. The molecule has 2 atom stereocenters. The van der Waals surface area contributed by atoms with Crippen molar-refractivity contribution in [3.05, 3.63) is 82.3 Å². The summed E-state index contributed by atoms with van der Waals surface area (Å²) in [6.45, 7) is 3.79. The number of thioether (sulfide) groups is 1. The summed E-state index contributed by atoms with van der Waals surface area (Å²) in [6.07, 6.45) is 3.26. The Labute approximate surface area is 187 Å². The summed E-state index contributed by atoms with van der Waals surface area (Å²) in [4.78, 5) is 16.6. The lowest BCUT2D eigenvalue weighted by Gasteiger charge is -2.43. The molecule has 2 aromatic carbocycles. The first-order valence-electron chi connectivity index (χ1n) is 10.9. The van der Waals surface area contributed by atoms with Gasteiger partial charge in [0.2, 0.25) is 0 Å². The number of nitrogens with zero attached hydrogens (tertiary/aromatic N) is 2. The minimum atomic E-state index is 0.137. The second-order valence-electron chi connectivity index (χ2n) is 8.65. The molecule has 1 fully saturated rings. The van der Waals surface area contributed by atoms with Gasteiger partial charge in [0, 0.05) is 54.3 Å². The third-order valence-corrected chi connectivity index (χ3v) is 7.38. The first-order chi connectivity index (χ1) is 15.1. The van der Waals surface area contributed by atoms with Crippen LogP contribution in [0, 0.1) is 5.92 Å². The van der Waals surface area contributed by atoms with Crippen LogP contribution in [-0.2, 0) is 13.1 Å². The van der Waals surface area contributed by atoms with E-state index in [-0.39, 0.29) is 5.56 Å². The summed E-state index contributed by atoms with van der Waals surface area (Å²) in [5.41, 5.74) is 5.08. The van der Waals surface area contributed by atoms with Gasteiger partial charge in [-0.15, -0.1) is 11.8 Å². The van der Waals surface area contributed by atoms with Gasteiger partial charge in [-0.3, -0.25) is 9.69 Å². The SMILES string of the molecule is COc1ccc(CN2C[C@@H]3C[C@H](C2)c2c(-c4ccc(SC)cc4)ccc(=O)n2C3)cc1. The summed E-state index contributed by atoms with van der Waals surface area (Å²) in [7, 11) is 1.70. The van der Waals surface area contributed by atoms with Crippen molar-refractivity contribution in [2.75, 3.05) is 26.5 Å². The van der Waals surface area contributed by atoms with Gasteiger partial charge in [0.1, 0.15) is 5.75 Å². The topological polar surface area (TPSA) is 34.5 Å². The molecule has 0 aliphatic carbocycles. The van der Waals surface area contributed by atoms with Crippen molar-refractivity contribution >= 4 is 11.8 Å². The van der Waals surface area contributed by atoms with E-state index in [9.17, 15) is 4.79 Å². The molecule has 0 saturated carbocycles. The highest BCUT2D eigenvalue weighted by atomic mass is 32.2. The van der Waals surface area contributed by atoms with E-state index >= 15 is 0 Å². The second-order valence-corrected chi connectivity index (χ2v) is 9.53. The van der Waals surface area contributed by atoms with E-state index in [1.54, 1.807) is 24.9 Å². The number of rotatable bonds is 5. The Balaban J connectivity index is 1.45. The molecule has 3 aromatic rings. The van der Waals surface area contributed by atoms with Crippen molar-refractivity contribution < 1.29 is 4.74 Å². The molecule has 3 heterocycles. The molecule has 160 valence electrons. The van der Waals surface area contributed by atoms with Gasteiger partial charge in [0.15, 0.2) is 0 Å². The van der Waals surface area contributed by atoms with Gasteiger partial charge in [0.05, 0.1) is 7.11 Å². The fourth-order valence-corrected chi connectivity index (χ4v) is 5.66. The lowest BCUT2D eigenvalue weighted by Crippen LogP contribution is -2.47. The zero-order valence-corrected chi connectivity index (χ0v) is 18.9. The maximum absolute atomic E-state index is 12.7. The molecule has 2 aliphatic rings. The van der Waals surface area contributed by atoms with Crippen LogP contribution < -0.4 is 10.3 Å². The van der Waals surface area contributed by atoms with Gasteiger partial charge < -0.3 is 9.30 Å². The maximum atomic E-state index is 12.7. The molecule has 1 saturated heterocycles. The average Bonchev–Trinajstić information content (AvgIpc) is 2.80. The Morgan fingerprint density at radius 1 is 0.968 bits per heavy atom. The molecule has 0 amide bonds. The molecular formula is C26H28N2O2S. The predicted octanol–water partition coefficient (Wildman–Crippen LogP) is 4.87. The molecule has 5 heteroatoms. The zero-order valence-electron chi connectivity index (χ0n) is 18.1. The highest BCUT2D eigenvalue weighted by molar-refractivity contribution is 7.98. The van der Waals surface area contributed by atoms with Gasteiger partial charge in [-0.25, -0.2) is 0 Å². The maximum Gasteiger partial charge on any atom is 0.250 e. The monoisotopic (exact) mass is 432 g/mol. The van der Waals surface area contributed by atoms with Gasteiger partial charge in [0.25, 0.3) is 5.56 Å². The highest BCUT2D eigenvalue weighted by Crippen LogP contribution is 2.40. The molecule has 31 heavy (non-hydrogen) atoms. The fourth-order valence-electron chi connectivity index (χ4n) is 5.25. The number of piperidine rings is 1. The number of hydrogen-bond acceptors (Lipinski definition) is 4. The van der Waals surface area contributed by atoms with Crippen LogP contribution in [0.1, 0.15) is 23.6 Å². The normalized spacial score (nSPS) is 20.3. The van der Waals surface area contributed by atoms with Crippen molar-refractivity contribution in [2.45, 2.75) is 30.3 Å². The van der Waals surface area contributed by atoms with Crippen LogP contribution in [0.4, 0.5) is 0 Å². The largest absolute Gasteiger partial charge is 0.497 e. The highest BCUT2D eigenvalue weighted by Gasteiger charge is 2.36. The Morgan fingerprint density at radius 2 is 1.74 bits per heavy atom. The number of benzene rings is 2. The van der Waals surface area contributed by atoms with E-state index in [0.717, 1.165) is 31.9 Å². The van der Waals surface area contributed by atoms with Crippen LogP contribution in [0.2, 0.25) is 0 Å². The number of methoxy groups -OCH3 is 1. The van der Waals surface area contributed by atoms with Crippen LogP contribution in [0.15, 0.2) is 70.4 Å². The molecule has 0 N–H and O–H groups in total. The number of pyridine rings is 1. The van der Waals surface area contributed by atoms with Gasteiger partial charge in [-0.2, -0.15) is 0 Å². The van der Waals surface area contributed by atoms with Gasteiger partial charge >= 0.3 is 0 Å². The van der Waals surface area contributed by atoms with E-state index in [1.165, 1.54) is 33.7 Å². The number of hydrogen-bond donors (Lipinski definition) is 0. The minimum Gasteiger partial charge on any atom is -0.497 e. The lowest BCUT2D eigenvalue weighted by molar-refractivity contribution is 0.115. The van der Waals surface area contributed by atoms with E-state index < -0.39 is 0 Å². The third kappa shape index (κ3) is 4.04. The Kier molecular flexibility index (Phi) is 5.63. The molecule has 1 aromatic heterocycles. The third-order valence-electron chi connectivity index (χ3n) is 6.63. The number of fused-ring (bicyclic) bond motifs is 4. The van der Waals surface area contributed by atoms with Crippen LogP contribution >= 0.6 is 11.8 Å². The average molecular weight is 433 g/mol. The molecule has 2 aliphatic heterocycles. The molecule has 2 bridgehead atoms. The summed E-state index contributed by atoms with van der Waals surface area (Å²) >= 11 is 1.75. The molecule has 0 unspecified atom stereocenters. The smallest absolute Gasteiger partial charge is 0.250 e. The van der Waals surface area contributed by atoms with E-state index in [2.05, 4.69) is 52.1 Å². The predicted molar refractivity (Wildman–Crippen MR) is 127 cm³/mol. The summed E-state index contributed by atoms with van der Waals surface area (Å²) in [5.74, 6) is 1.80. The van der Waals surface area contributed by atoms with E-state index in [0.29, 0.717) is 11.8 Å². The summed E-state index contributed by atoms with van der Waals surface area (Å²) in [5, 5.41) is 0.